The predicted molar refractivity (Wildman–Crippen MR) is 326 cm³/mol. The second kappa shape index (κ2) is 37.1. The maximum absolute atomic E-state index is 14.9. The number of benzene rings is 3. The van der Waals surface area contributed by atoms with Crippen molar-refractivity contribution in [1.82, 2.24) is 30.9 Å². The van der Waals surface area contributed by atoms with Crippen LogP contribution < -0.4 is 37.5 Å². The van der Waals surface area contributed by atoms with E-state index in [1.165, 1.54) is 43.0 Å². The van der Waals surface area contributed by atoms with Crippen molar-refractivity contribution in [3.05, 3.63) is 141 Å². The molecule has 0 spiro atoms. The fraction of sp³-hybridized carbons (Fsp3) is 0.403. The first-order chi connectivity index (χ1) is 39.4. The van der Waals surface area contributed by atoms with Crippen molar-refractivity contribution in [1.29, 1.82) is 0 Å². The number of nitrogens with two attached hydrogens (primary N) is 1. The quantitative estimate of drug-likeness (QED) is 0.00655. The molecule has 3 aromatic carbocycles. The van der Waals surface area contributed by atoms with Crippen LogP contribution in [0.15, 0.2) is 95.8 Å². The van der Waals surface area contributed by atoms with Crippen LogP contribution in [0.2, 0.25) is 0 Å². The van der Waals surface area contributed by atoms with Gasteiger partial charge in [0.1, 0.15) is 11.6 Å². The smallest absolute Gasteiger partial charge is 0.265 e. The number of primary amides is 1. The minimum Gasteiger partial charge on any atom is -0.372 e. The SMILES string of the molecule is CCN(CC)CCNC.CCN(CC)CCNOC/C=C(\C)NC(/C=C(\C(=O)CCC(C)CCC(=O)P(Cc1ccccc1)c1[nH]c(/C=C2\C(=O)N(C=O)c3ccc(F)cc32)c(C)c1C=O)c1cc(F)ccc1NC=O)=C(C)C.NC=O. The number of carbonyl (C=O) groups is 7. The number of halogens is 2. The number of hydroxylamine groups is 1. The number of hydrogen-bond donors (Lipinski definition) is 6. The fourth-order valence-corrected chi connectivity index (χ4v) is 11.1. The number of allylic oxidation sites excluding steroid dienone is 4. The van der Waals surface area contributed by atoms with E-state index in [0.717, 1.165) is 67.1 Å². The molecule has 7 N–H and O–H groups in total. The number of amides is 4. The lowest BCUT2D eigenvalue weighted by Crippen LogP contribution is -2.32. The lowest BCUT2D eigenvalue weighted by atomic mass is 9.92. The zero-order valence-electron chi connectivity index (χ0n) is 49.3. The van der Waals surface area contributed by atoms with Crippen molar-refractivity contribution in [3.63, 3.8) is 0 Å². The third-order valence-electron chi connectivity index (χ3n) is 13.8. The Kier molecular flexibility index (Phi) is 31.3. The Balaban J connectivity index is 0.00000132. The van der Waals surface area contributed by atoms with Crippen molar-refractivity contribution in [2.45, 2.75) is 94.2 Å². The molecule has 0 radical (unpaired) electrons. The van der Waals surface area contributed by atoms with Gasteiger partial charge in [0.2, 0.25) is 19.2 Å². The summed E-state index contributed by atoms with van der Waals surface area (Å²) in [6.45, 7) is 26.2. The van der Waals surface area contributed by atoms with Crippen LogP contribution >= 0.6 is 7.92 Å². The summed E-state index contributed by atoms with van der Waals surface area (Å²) >= 11 is 0. The first kappa shape index (κ1) is 69.2. The molecule has 1 aliphatic heterocycles. The molecule has 0 fully saturated rings. The summed E-state index contributed by atoms with van der Waals surface area (Å²) in [5.74, 6) is -2.26. The summed E-state index contributed by atoms with van der Waals surface area (Å²) in [4.78, 5) is 102. The van der Waals surface area contributed by atoms with Crippen molar-refractivity contribution < 1.29 is 47.2 Å². The van der Waals surface area contributed by atoms with Crippen LogP contribution in [0, 0.1) is 24.5 Å². The van der Waals surface area contributed by atoms with E-state index in [1.54, 1.807) is 13.0 Å². The third-order valence-corrected chi connectivity index (χ3v) is 16.2. The van der Waals surface area contributed by atoms with E-state index >= 15 is 0 Å². The number of H-pyrrole nitrogens is 1. The van der Waals surface area contributed by atoms with Crippen LogP contribution in [0.5, 0.6) is 0 Å². The van der Waals surface area contributed by atoms with Crippen LogP contribution in [0.1, 0.15) is 119 Å². The van der Waals surface area contributed by atoms with E-state index in [-0.39, 0.29) is 82.3 Å². The lowest BCUT2D eigenvalue weighted by molar-refractivity contribution is -0.117. The van der Waals surface area contributed by atoms with E-state index in [1.807, 2.05) is 71.2 Å². The van der Waals surface area contributed by atoms with Crippen LogP contribution in [0.4, 0.5) is 20.2 Å². The summed E-state index contributed by atoms with van der Waals surface area (Å²) in [5.41, 5.74) is 12.9. The highest BCUT2D eigenvalue weighted by molar-refractivity contribution is 7.80. The molecule has 17 nitrogen and oxygen atoms in total. The molecule has 1 aromatic heterocycles. The number of nitrogens with zero attached hydrogens (tertiary/aromatic N) is 3. The third kappa shape index (κ3) is 21.3. The van der Waals surface area contributed by atoms with Crippen molar-refractivity contribution in [2.24, 2.45) is 11.7 Å². The summed E-state index contributed by atoms with van der Waals surface area (Å²) in [6, 6.07) is 16.9. The number of Topliss-reactive ketones (excluding diaryl/α,β-unsaturated/α-hetero) is 1. The summed E-state index contributed by atoms with van der Waals surface area (Å²) in [5, 5.41) is 9.08. The Labute approximate surface area is 484 Å². The molecule has 0 saturated heterocycles. The monoisotopic (exact) mass is 1150 g/mol. The van der Waals surface area contributed by atoms with Gasteiger partial charge in [0.15, 0.2) is 17.6 Å². The van der Waals surface area contributed by atoms with Crippen molar-refractivity contribution in [3.8, 4) is 0 Å². The summed E-state index contributed by atoms with van der Waals surface area (Å²) in [6.07, 6.45) is 8.08. The van der Waals surface area contributed by atoms with E-state index < -0.39 is 25.5 Å². The number of ketones is 1. The van der Waals surface area contributed by atoms with Gasteiger partial charge in [-0.3, -0.25) is 38.4 Å². The Morgan fingerprint density at radius 1 is 0.866 bits per heavy atom. The lowest BCUT2D eigenvalue weighted by Gasteiger charge is -2.19. The molecule has 4 aromatic rings. The summed E-state index contributed by atoms with van der Waals surface area (Å²) < 4.78 is 29.3. The van der Waals surface area contributed by atoms with Gasteiger partial charge in [0, 0.05) is 98.1 Å². The first-order valence-electron chi connectivity index (χ1n) is 27.7. The van der Waals surface area contributed by atoms with Crippen LogP contribution in [-0.4, -0.2) is 124 Å². The van der Waals surface area contributed by atoms with Crippen molar-refractivity contribution >= 4 is 84.7 Å². The Bertz CT molecular complexity index is 2880. The molecular formula is C62H84F2N9O8P. The number of aromatic nitrogens is 1. The fourth-order valence-electron chi connectivity index (χ4n) is 8.81. The number of fused-ring (bicyclic) bond motifs is 1. The molecule has 0 saturated carbocycles. The molecule has 20 heteroatoms. The number of aromatic amines is 1. The highest BCUT2D eigenvalue weighted by Crippen LogP contribution is 2.44. The molecule has 0 aliphatic carbocycles. The van der Waals surface area contributed by atoms with Crippen molar-refractivity contribution in [2.75, 3.05) is 76.2 Å². The number of hydrogen-bond acceptors (Lipinski definition) is 13. The number of likely N-dealkylation sites (N-methyl/N-ethyl adjacent to an activating group) is 3. The Morgan fingerprint density at radius 3 is 2.09 bits per heavy atom. The molecule has 4 amide bonds. The van der Waals surface area contributed by atoms with Gasteiger partial charge in [0.05, 0.1) is 23.3 Å². The zero-order chi connectivity index (χ0) is 60.7. The van der Waals surface area contributed by atoms with E-state index in [4.69, 9.17) is 9.63 Å². The maximum Gasteiger partial charge on any atom is 0.265 e. The van der Waals surface area contributed by atoms with E-state index in [0.29, 0.717) is 67.0 Å². The van der Waals surface area contributed by atoms with Crippen LogP contribution in [0.25, 0.3) is 17.2 Å². The largest absolute Gasteiger partial charge is 0.372 e. The van der Waals surface area contributed by atoms with Gasteiger partial charge >= 0.3 is 0 Å². The molecule has 444 valence electrons. The summed E-state index contributed by atoms with van der Waals surface area (Å²) in [7, 11) is 0.294. The normalized spacial score (nSPS) is 13.4. The molecule has 2 atom stereocenters. The van der Waals surface area contributed by atoms with Gasteiger partial charge in [-0.15, -0.1) is 0 Å². The van der Waals surface area contributed by atoms with Crippen LogP contribution in [0.3, 0.4) is 0 Å². The highest BCUT2D eigenvalue weighted by Gasteiger charge is 2.34. The van der Waals surface area contributed by atoms with Crippen LogP contribution in [-0.2, 0) is 39.8 Å². The topological polar surface area (TPSA) is 228 Å². The van der Waals surface area contributed by atoms with Gasteiger partial charge in [-0.1, -0.05) is 70.5 Å². The molecule has 0 bridgehead atoms. The maximum atomic E-state index is 14.9. The number of anilines is 2. The van der Waals surface area contributed by atoms with E-state index in [9.17, 15) is 37.5 Å². The number of aldehydes is 1. The van der Waals surface area contributed by atoms with Gasteiger partial charge in [-0.25, -0.2) is 19.2 Å². The minimum absolute atomic E-state index is 0.0469. The molecule has 82 heavy (non-hydrogen) atoms. The van der Waals surface area contributed by atoms with Gasteiger partial charge in [0.25, 0.3) is 5.91 Å². The number of rotatable bonds is 33. The Morgan fingerprint density at radius 2 is 1.49 bits per heavy atom. The standard InChI is InChI=1S/C54H63F2N6O7P.C7H18N2.CH3NO/c1-8-61(9-2)25-24-58-69-26-23-37(6)59-48(35(3)4)29-44(42-27-40(55)17-19-47(42)57-33-64)51(66)21-15-36(5)16-22-52(67)70(32-39-13-11-10-12-14-39)53-46(31-63)38(7)49(60-53)30-45-43-28-41(56)18-20-50(43)62(34-65)54(45)68;1-4-9(5-2)7-6-8-3;2-1-3/h10-14,17-20,23,27-31,33-34,36,58-60H,8-9,15-16,21-22,24-26,32H2,1-7H3,(H,57,64);8H,4-7H2,1-3H3;1H,(H2,2,3)/b37-23+,44-29-,45-30-;;. The first-order valence-corrected chi connectivity index (χ1v) is 29.2. The molecular weight excluding hydrogens is 1070 g/mol. The number of carbonyl (C=O) groups excluding carboxylic acids is 7. The van der Waals surface area contributed by atoms with Gasteiger partial charge < -0.3 is 36.5 Å². The van der Waals surface area contributed by atoms with Gasteiger partial charge in [-0.2, -0.15) is 0 Å². The molecule has 2 unspecified atom stereocenters. The highest BCUT2D eigenvalue weighted by atomic mass is 31.1. The zero-order valence-corrected chi connectivity index (χ0v) is 50.2. The average molecular weight is 1150 g/mol. The number of nitrogens with one attached hydrogen (secondary N) is 5. The predicted octanol–water partition coefficient (Wildman–Crippen LogP) is 9.01. The number of imide groups is 1. The van der Waals surface area contributed by atoms with Gasteiger partial charge in [-0.05, 0) is 145 Å². The average Bonchev–Trinajstić information content (AvgIpc) is 4.09. The van der Waals surface area contributed by atoms with E-state index in [2.05, 4.69) is 69.6 Å². The molecule has 5 rings (SSSR count). The second-order valence-electron chi connectivity index (χ2n) is 19.5. The molecule has 2 heterocycles. The Hall–Kier alpha value is -7.12. The second-order valence-corrected chi connectivity index (χ2v) is 21.7. The minimum atomic E-state index is -1.70. The molecule has 1 aliphatic rings.